The second-order valence-electron chi connectivity index (χ2n) is 4.63. The monoisotopic (exact) mass is 223 g/mol. The van der Waals surface area contributed by atoms with Crippen LogP contribution in [0, 0.1) is 5.92 Å². The summed E-state index contributed by atoms with van der Waals surface area (Å²) in [6, 6.07) is 2.15. The lowest BCUT2D eigenvalue weighted by atomic mass is 9.91. The fourth-order valence-corrected chi connectivity index (χ4v) is 2.32. The van der Waals surface area contributed by atoms with Gasteiger partial charge in [0.15, 0.2) is 0 Å². The topological polar surface area (TPSA) is 50.1 Å². The van der Waals surface area contributed by atoms with E-state index >= 15 is 0 Å². The summed E-state index contributed by atoms with van der Waals surface area (Å²) < 4.78 is 1.94. The average Bonchev–Trinajstić information content (AvgIpc) is 2.63. The quantitative estimate of drug-likeness (QED) is 0.784. The van der Waals surface area contributed by atoms with E-state index in [0.29, 0.717) is 5.92 Å². The molecule has 1 aromatic rings. The van der Waals surface area contributed by atoms with Crippen molar-refractivity contribution in [1.29, 1.82) is 0 Å². The lowest BCUT2D eigenvalue weighted by Crippen LogP contribution is -2.41. The Kier molecular flexibility index (Phi) is 3.61. The minimum atomic E-state index is -0.166. The lowest BCUT2D eigenvalue weighted by Gasteiger charge is -2.28. The molecule has 1 aliphatic rings. The highest BCUT2D eigenvalue weighted by molar-refractivity contribution is 5.11. The van der Waals surface area contributed by atoms with E-state index < -0.39 is 0 Å². The summed E-state index contributed by atoms with van der Waals surface area (Å²) >= 11 is 0. The molecule has 0 saturated carbocycles. The van der Waals surface area contributed by atoms with Gasteiger partial charge in [0.05, 0.1) is 11.8 Å². The molecule has 2 rings (SSSR count). The smallest absolute Gasteiger partial charge is 0.0624 e. The van der Waals surface area contributed by atoms with Crippen molar-refractivity contribution in [1.82, 2.24) is 15.1 Å². The normalized spacial score (nSPS) is 25.9. The number of hydrogen-bond donors (Lipinski definition) is 2. The second kappa shape index (κ2) is 4.97. The van der Waals surface area contributed by atoms with Crippen LogP contribution in [-0.2, 0) is 19.9 Å². The number of piperidine rings is 1. The maximum absolute atomic E-state index is 9.92. The highest BCUT2D eigenvalue weighted by Crippen LogP contribution is 2.17. The number of nitrogens with one attached hydrogen (secondary N) is 1. The molecule has 0 aliphatic carbocycles. The fraction of sp³-hybridized carbons (Fsp3) is 0.750. The predicted molar refractivity (Wildman–Crippen MR) is 63.3 cm³/mol. The number of aliphatic hydroxyl groups excluding tert-OH is 1. The van der Waals surface area contributed by atoms with Gasteiger partial charge in [0, 0.05) is 25.2 Å². The molecule has 2 heterocycles. The Labute approximate surface area is 96.7 Å². The summed E-state index contributed by atoms with van der Waals surface area (Å²) in [5, 5.41) is 17.7. The summed E-state index contributed by atoms with van der Waals surface area (Å²) in [5.41, 5.74) is 2.36. The molecule has 2 unspecified atom stereocenters. The van der Waals surface area contributed by atoms with Gasteiger partial charge in [0.25, 0.3) is 0 Å². The van der Waals surface area contributed by atoms with Crippen molar-refractivity contribution >= 4 is 0 Å². The summed E-state index contributed by atoms with van der Waals surface area (Å²) in [5.74, 6) is 0.328. The summed E-state index contributed by atoms with van der Waals surface area (Å²) in [6.07, 6.45) is 2.58. The highest BCUT2D eigenvalue weighted by atomic mass is 16.3. The predicted octanol–water partition coefficient (Wildman–Crippen LogP) is 0.495. The minimum absolute atomic E-state index is 0.166. The lowest BCUT2D eigenvalue weighted by molar-refractivity contribution is 0.0782. The van der Waals surface area contributed by atoms with E-state index in [1.54, 1.807) is 0 Å². The molecule has 2 atom stereocenters. The molecular formula is C12H21N3O. The summed E-state index contributed by atoms with van der Waals surface area (Å²) in [6.45, 7) is 3.96. The van der Waals surface area contributed by atoms with Crippen LogP contribution in [0.3, 0.4) is 0 Å². The van der Waals surface area contributed by atoms with Crippen molar-refractivity contribution in [2.75, 3.05) is 13.1 Å². The first-order valence-corrected chi connectivity index (χ1v) is 6.11. The number of rotatable bonds is 3. The molecule has 4 heteroatoms. The van der Waals surface area contributed by atoms with E-state index in [1.807, 2.05) is 11.7 Å². The van der Waals surface area contributed by atoms with E-state index in [0.717, 1.165) is 38.0 Å². The Morgan fingerprint density at radius 3 is 3.06 bits per heavy atom. The third kappa shape index (κ3) is 2.44. The van der Waals surface area contributed by atoms with Gasteiger partial charge in [-0.2, -0.15) is 5.10 Å². The van der Waals surface area contributed by atoms with E-state index in [-0.39, 0.29) is 6.10 Å². The third-order valence-electron chi connectivity index (χ3n) is 3.43. The Hall–Kier alpha value is -0.870. The van der Waals surface area contributed by atoms with Crippen LogP contribution in [0.2, 0.25) is 0 Å². The zero-order chi connectivity index (χ0) is 11.5. The van der Waals surface area contributed by atoms with E-state index in [2.05, 4.69) is 23.4 Å². The molecule has 1 saturated heterocycles. The van der Waals surface area contributed by atoms with Crippen LogP contribution in [0.4, 0.5) is 0 Å². The van der Waals surface area contributed by atoms with Crippen LogP contribution in [0.25, 0.3) is 0 Å². The van der Waals surface area contributed by atoms with Gasteiger partial charge in [-0.15, -0.1) is 0 Å². The molecule has 0 spiro atoms. The van der Waals surface area contributed by atoms with Gasteiger partial charge in [-0.25, -0.2) is 0 Å². The number of hydrogen-bond acceptors (Lipinski definition) is 3. The average molecular weight is 223 g/mol. The van der Waals surface area contributed by atoms with Crippen LogP contribution in [0.5, 0.6) is 0 Å². The van der Waals surface area contributed by atoms with Crippen molar-refractivity contribution in [2.45, 2.75) is 32.3 Å². The SMILES string of the molecule is CCc1cc(CC2CNCCC2O)n(C)n1. The van der Waals surface area contributed by atoms with E-state index in [1.165, 1.54) is 5.69 Å². The van der Waals surface area contributed by atoms with Gasteiger partial charge in [-0.3, -0.25) is 4.68 Å². The molecule has 0 amide bonds. The van der Waals surface area contributed by atoms with Crippen LogP contribution in [0.1, 0.15) is 24.7 Å². The Morgan fingerprint density at radius 2 is 2.44 bits per heavy atom. The molecular weight excluding hydrogens is 202 g/mol. The third-order valence-corrected chi connectivity index (χ3v) is 3.43. The molecule has 1 aliphatic heterocycles. The molecule has 0 aromatic carbocycles. The largest absolute Gasteiger partial charge is 0.393 e. The van der Waals surface area contributed by atoms with Crippen LogP contribution in [0.15, 0.2) is 6.07 Å². The number of nitrogens with zero attached hydrogens (tertiary/aromatic N) is 2. The fourth-order valence-electron chi connectivity index (χ4n) is 2.32. The van der Waals surface area contributed by atoms with Gasteiger partial charge >= 0.3 is 0 Å². The van der Waals surface area contributed by atoms with Gasteiger partial charge in [0.1, 0.15) is 0 Å². The van der Waals surface area contributed by atoms with Crippen molar-refractivity contribution < 1.29 is 5.11 Å². The second-order valence-corrected chi connectivity index (χ2v) is 4.63. The van der Waals surface area contributed by atoms with Crippen LogP contribution >= 0.6 is 0 Å². The first-order valence-electron chi connectivity index (χ1n) is 6.11. The molecule has 1 fully saturated rings. The minimum Gasteiger partial charge on any atom is -0.393 e. The summed E-state index contributed by atoms with van der Waals surface area (Å²) in [4.78, 5) is 0. The molecule has 2 N–H and O–H groups in total. The highest BCUT2D eigenvalue weighted by Gasteiger charge is 2.24. The van der Waals surface area contributed by atoms with Gasteiger partial charge in [-0.05, 0) is 31.9 Å². The molecule has 4 nitrogen and oxygen atoms in total. The number of aromatic nitrogens is 2. The van der Waals surface area contributed by atoms with Crippen molar-refractivity contribution in [3.05, 3.63) is 17.5 Å². The zero-order valence-electron chi connectivity index (χ0n) is 10.1. The van der Waals surface area contributed by atoms with Crippen molar-refractivity contribution in [3.8, 4) is 0 Å². The Morgan fingerprint density at radius 1 is 1.62 bits per heavy atom. The Balaban J connectivity index is 2.04. The molecule has 0 bridgehead atoms. The van der Waals surface area contributed by atoms with Crippen LogP contribution in [-0.4, -0.2) is 34.1 Å². The Bertz CT molecular complexity index is 348. The van der Waals surface area contributed by atoms with Gasteiger partial charge < -0.3 is 10.4 Å². The van der Waals surface area contributed by atoms with E-state index in [4.69, 9.17) is 0 Å². The number of aliphatic hydroxyl groups is 1. The van der Waals surface area contributed by atoms with Crippen molar-refractivity contribution in [2.24, 2.45) is 13.0 Å². The standard InChI is InChI=1S/C12H21N3O/c1-3-10-7-11(15(2)14-10)6-9-8-13-5-4-12(9)16/h7,9,12-13,16H,3-6,8H2,1-2H3. The molecule has 90 valence electrons. The van der Waals surface area contributed by atoms with Crippen molar-refractivity contribution in [3.63, 3.8) is 0 Å². The molecule has 0 radical (unpaired) electrons. The van der Waals surface area contributed by atoms with E-state index in [9.17, 15) is 5.11 Å². The molecule has 1 aromatic heterocycles. The summed E-state index contributed by atoms with van der Waals surface area (Å²) in [7, 11) is 1.98. The first kappa shape index (κ1) is 11.6. The molecule has 16 heavy (non-hydrogen) atoms. The maximum atomic E-state index is 9.92. The van der Waals surface area contributed by atoms with Gasteiger partial charge in [0.2, 0.25) is 0 Å². The number of aryl methyl sites for hydroxylation is 2. The van der Waals surface area contributed by atoms with Crippen LogP contribution < -0.4 is 5.32 Å². The maximum Gasteiger partial charge on any atom is 0.0624 e. The zero-order valence-corrected chi connectivity index (χ0v) is 10.1. The first-order chi connectivity index (χ1) is 7.70. The van der Waals surface area contributed by atoms with Gasteiger partial charge in [-0.1, -0.05) is 6.92 Å².